The van der Waals surface area contributed by atoms with Crippen molar-refractivity contribution < 1.29 is 4.79 Å². The van der Waals surface area contributed by atoms with Crippen LogP contribution in [0.15, 0.2) is 60.9 Å². The fourth-order valence-electron chi connectivity index (χ4n) is 3.19. The van der Waals surface area contributed by atoms with Crippen LogP contribution in [0.1, 0.15) is 27.4 Å². The normalized spacial score (nSPS) is 10.9. The second kappa shape index (κ2) is 8.51. The topological polar surface area (TPSA) is 77.6 Å². The van der Waals surface area contributed by atoms with E-state index in [2.05, 4.69) is 20.5 Å². The lowest BCUT2D eigenvalue weighted by molar-refractivity contribution is 0.0949. The average molecular weight is 421 g/mol. The number of carbonyl (C=O) groups excluding carboxylic acids is 1. The van der Waals surface area contributed by atoms with Crippen molar-refractivity contribution in [1.29, 1.82) is 0 Å². The minimum absolute atomic E-state index is 0.182. The predicted molar refractivity (Wildman–Crippen MR) is 115 cm³/mol. The van der Waals surface area contributed by atoms with Crippen LogP contribution in [-0.2, 0) is 6.42 Å². The van der Waals surface area contributed by atoms with Gasteiger partial charge in [-0.05, 0) is 56.2 Å². The Kier molecular flexibility index (Phi) is 5.63. The number of para-hydroxylation sites is 1. The molecule has 3 heterocycles. The minimum Gasteiger partial charge on any atom is -0.350 e. The molecule has 3 aromatic heterocycles. The molecule has 0 fully saturated rings. The molecule has 30 heavy (non-hydrogen) atoms. The summed E-state index contributed by atoms with van der Waals surface area (Å²) in [6, 6.07) is 15.2. The Morgan fingerprint density at radius 1 is 1.13 bits per heavy atom. The number of hydrogen-bond acceptors (Lipinski definition) is 4. The van der Waals surface area contributed by atoms with E-state index in [1.165, 1.54) is 0 Å². The largest absolute Gasteiger partial charge is 0.350 e. The van der Waals surface area contributed by atoms with Gasteiger partial charge in [0.15, 0.2) is 5.82 Å². The van der Waals surface area contributed by atoms with Crippen molar-refractivity contribution in [2.24, 2.45) is 0 Å². The molecule has 0 spiro atoms. The lowest BCUT2D eigenvalue weighted by Gasteiger charge is -2.09. The van der Waals surface area contributed by atoms with Crippen LogP contribution in [0.3, 0.4) is 0 Å². The Morgan fingerprint density at radius 2 is 1.93 bits per heavy atom. The monoisotopic (exact) mass is 420 g/mol. The highest BCUT2D eigenvalue weighted by molar-refractivity contribution is 6.33. The molecule has 0 atom stereocenters. The van der Waals surface area contributed by atoms with Crippen molar-refractivity contribution in [2.45, 2.75) is 20.3 Å². The molecule has 7 nitrogen and oxygen atoms in total. The maximum atomic E-state index is 12.6. The second-order valence-electron chi connectivity index (χ2n) is 6.97. The van der Waals surface area contributed by atoms with Gasteiger partial charge in [-0.1, -0.05) is 29.8 Å². The van der Waals surface area contributed by atoms with Gasteiger partial charge in [0.1, 0.15) is 5.69 Å². The van der Waals surface area contributed by atoms with Crippen LogP contribution >= 0.6 is 11.6 Å². The molecule has 0 aliphatic heterocycles. The van der Waals surface area contributed by atoms with Crippen LogP contribution in [0.5, 0.6) is 0 Å². The van der Waals surface area contributed by atoms with Crippen molar-refractivity contribution in [3.63, 3.8) is 0 Å². The van der Waals surface area contributed by atoms with E-state index in [1.54, 1.807) is 23.0 Å². The summed E-state index contributed by atoms with van der Waals surface area (Å²) in [5.41, 5.74) is 4.01. The van der Waals surface area contributed by atoms with Gasteiger partial charge >= 0.3 is 0 Å². The Balaban J connectivity index is 1.41. The molecular weight excluding hydrogens is 400 g/mol. The van der Waals surface area contributed by atoms with Crippen molar-refractivity contribution in [3.8, 4) is 11.5 Å². The number of aromatic nitrogens is 5. The minimum atomic E-state index is -0.321. The number of carbonyl (C=O) groups is 1. The number of benzene rings is 1. The molecular formula is C22H21ClN6O. The SMILES string of the molecule is Cc1cc(C)n(-c2ccc(Cl)c(C(=O)NCCc3cnn(-c4ccccc4)c3)n2)n1. The van der Waals surface area contributed by atoms with E-state index in [-0.39, 0.29) is 11.6 Å². The van der Waals surface area contributed by atoms with E-state index in [0.29, 0.717) is 23.8 Å². The van der Waals surface area contributed by atoms with E-state index < -0.39 is 0 Å². The quantitative estimate of drug-likeness (QED) is 0.516. The lowest BCUT2D eigenvalue weighted by Crippen LogP contribution is -2.27. The standard InChI is InChI=1S/C22H21ClN6O/c1-15-12-16(2)29(27-15)20-9-8-19(23)21(26-20)22(30)24-11-10-17-13-25-28(14-17)18-6-4-3-5-7-18/h3-9,12-14H,10-11H2,1-2H3,(H,24,30). The smallest absolute Gasteiger partial charge is 0.271 e. The highest BCUT2D eigenvalue weighted by atomic mass is 35.5. The number of pyridine rings is 1. The van der Waals surface area contributed by atoms with Crippen LogP contribution < -0.4 is 5.32 Å². The van der Waals surface area contributed by atoms with Gasteiger partial charge in [-0.2, -0.15) is 10.2 Å². The van der Waals surface area contributed by atoms with Crippen molar-refractivity contribution in [1.82, 2.24) is 29.9 Å². The maximum absolute atomic E-state index is 12.6. The van der Waals surface area contributed by atoms with E-state index >= 15 is 0 Å². The molecule has 0 aliphatic rings. The van der Waals surface area contributed by atoms with Gasteiger partial charge < -0.3 is 5.32 Å². The molecule has 0 unspecified atom stereocenters. The first kappa shape index (κ1) is 19.8. The Morgan fingerprint density at radius 3 is 2.67 bits per heavy atom. The van der Waals surface area contributed by atoms with Gasteiger partial charge in [-0.3, -0.25) is 4.79 Å². The number of aryl methyl sites for hydroxylation is 2. The third-order valence-electron chi connectivity index (χ3n) is 4.63. The van der Waals surface area contributed by atoms with Crippen molar-refractivity contribution >= 4 is 17.5 Å². The number of amides is 1. The number of rotatable bonds is 6. The summed E-state index contributed by atoms with van der Waals surface area (Å²) in [5.74, 6) is 0.234. The fraction of sp³-hybridized carbons (Fsp3) is 0.182. The van der Waals surface area contributed by atoms with E-state index in [9.17, 15) is 4.79 Å². The molecule has 8 heteroatoms. The van der Waals surface area contributed by atoms with Crippen LogP contribution in [0.25, 0.3) is 11.5 Å². The third-order valence-corrected chi connectivity index (χ3v) is 4.93. The molecule has 0 bridgehead atoms. The molecule has 152 valence electrons. The van der Waals surface area contributed by atoms with E-state index in [1.807, 2.05) is 61.1 Å². The maximum Gasteiger partial charge on any atom is 0.271 e. The molecule has 1 aromatic carbocycles. The summed E-state index contributed by atoms with van der Waals surface area (Å²) in [6.45, 7) is 4.29. The first-order valence-electron chi connectivity index (χ1n) is 9.58. The van der Waals surface area contributed by atoms with Crippen LogP contribution in [0, 0.1) is 13.8 Å². The van der Waals surface area contributed by atoms with Crippen LogP contribution in [0.4, 0.5) is 0 Å². The molecule has 0 aliphatic carbocycles. The van der Waals surface area contributed by atoms with Crippen LogP contribution in [-0.4, -0.2) is 37.0 Å². The Hall–Kier alpha value is -3.45. The number of hydrogen-bond donors (Lipinski definition) is 1. The van der Waals surface area contributed by atoms with Gasteiger partial charge in [0.05, 0.1) is 22.6 Å². The molecule has 0 saturated heterocycles. The number of nitrogens with one attached hydrogen (secondary N) is 1. The van der Waals surface area contributed by atoms with Gasteiger partial charge in [-0.15, -0.1) is 0 Å². The average Bonchev–Trinajstić information content (AvgIpc) is 3.35. The summed E-state index contributed by atoms with van der Waals surface area (Å²) >= 11 is 6.22. The lowest BCUT2D eigenvalue weighted by atomic mass is 10.2. The molecule has 0 radical (unpaired) electrons. The molecule has 4 rings (SSSR count). The summed E-state index contributed by atoms with van der Waals surface area (Å²) < 4.78 is 3.51. The van der Waals surface area contributed by atoms with Gasteiger partial charge in [-0.25, -0.2) is 14.3 Å². The second-order valence-corrected chi connectivity index (χ2v) is 7.38. The summed E-state index contributed by atoms with van der Waals surface area (Å²) in [4.78, 5) is 17.1. The zero-order valence-electron chi connectivity index (χ0n) is 16.7. The first-order chi connectivity index (χ1) is 14.5. The Bertz CT molecular complexity index is 1180. The summed E-state index contributed by atoms with van der Waals surface area (Å²) in [5, 5.41) is 12.0. The molecule has 4 aromatic rings. The fourth-order valence-corrected chi connectivity index (χ4v) is 3.38. The zero-order valence-corrected chi connectivity index (χ0v) is 17.5. The summed E-state index contributed by atoms with van der Waals surface area (Å²) in [7, 11) is 0. The van der Waals surface area contributed by atoms with Gasteiger partial charge in [0.2, 0.25) is 0 Å². The van der Waals surface area contributed by atoms with Gasteiger partial charge in [0.25, 0.3) is 5.91 Å². The van der Waals surface area contributed by atoms with Crippen molar-refractivity contribution in [2.75, 3.05) is 6.54 Å². The number of halogens is 1. The zero-order chi connectivity index (χ0) is 21.1. The van der Waals surface area contributed by atoms with E-state index in [4.69, 9.17) is 11.6 Å². The number of nitrogens with zero attached hydrogens (tertiary/aromatic N) is 5. The van der Waals surface area contributed by atoms with E-state index in [0.717, 1.165) is 22.6 Å². The highest BCUT2D eigenvalue weighted by Gasteiger charge is 2.15. The summed E-state index contributed by atoms with van der Waals surface area (Å²) in [6.07, 6.45) is 4.40. The predicted octanol–water partition coefficient (Wildman–Crippen LogP) is 3.70. The van der Waals surface area contributed by atoms with Crippen LogP contribution in [0.2, 0.25) is 5.02 Å². The van der Waals surface area contributed by atoms with Gasteiger partial charge in [0, 0.05) is 18.4 Å². The molecule has 1 amide bonds. The highest BCUT2D eigenvalue weighted by Crippen LogP contribution is 2.18. The Labute approximate surface area is 179 Å². The molecule has 0 saturated carbocycles. The van der Waals surface area contributed by atoms with Crippen molar-refractivity contribution in [3.05, 3.63) is 88.6 Å². The third kappa shape index (κ3) is 4.26. The molecule has 1 N–H and O–H groups in total. The first-order valence-corrected chi connectivity index (χ1v) is 9.96.